The molecule has 8 heavy (non-hydrogen) atoms. The van der Waals surface area contributed by atoms with E-state index >= 15 is 0 Å². The fourth-order valence-electron chi connectivity index (χ4n) is 0. The van der Waals surface area contributed by atoms with E-state index in [1.807, 2.05) is 0 Å². The van der Waals surface area contributed by atoms with E-state index in [1.54, 1.807) is 0 Å². The van der Waals surface area contributed by atoms with Crippen LogP contribution in [0.3, 0.4) is 0 Å². The molecule has 0 fully saturated rings. The van der Waals surface area contributed by atoms with Crippen molar-refractivity contribution in [2.24, 2.45) is 0 Å². The monoisotopic (exact) mass is 178 g/mol. The predicted octanol–water partition coefficient (Wildman–Crippen LogP) is -2.39. The Balaban J connectivity index is -0.00000000750. The van der Waals surface area contributed by atoms with Gasteiger partial charge in [-0.15, -0.1) is 0 Å². The van der Waals surface area contributed by atoms with E-state index in [-0.39, 0.29) is 35.9 Å². The first kappa shape index (κ1) is 43.9. The van der Waals surface area contributed by atoms with Gasteiger partial charge in [-0.05, 0) is 0 Å². The fourth-order valence-corrected chi connectivity index (χ4v) is 0. The summed E-state index contributed by atoms with van der Waals surface area (Å²) in [6.07, 6.45) is 0. The molecule has 0 unspecified atom stereocenters. The summed E-state index contributed by atoms with van der Waals surface area (Å²) in [5, 5.41) is 7.42. The molecular weight excluding hydrogens is 169 g/mol. The predicted molar refractivity (Wildman–Crippen MR) is 24.2 cm³/mol. The second-order valence-electron chi connectivity index (χ2n) is 0.519. The average molecular weight is 179 g/mol. The van der Waals surface area contributed by atoms with Gasteiger partial charge in [0.2, 0.25) is 0 Å². The number of hydrogen-bond acceptors (Lipinski definition) is 1. The van der Waals surface area contributed by atoms with Gasteiger partial charge in [0.15, 0.2) is 0 Å². The Morgan fingerprint density at radius 2 is 1.25 bits per heavy atom. The minimum Gasteiger partial charge on any atom is -0.481 e. The third-order valence-corrected chi connectivity index (χ3v) is 0. The van der Waals surface area contributed by atoms with E-state index in [2.05, 4.69) is 0 Å². The molecule has 0 bridgehead atoms. The Morgan fingerprint density at radius 1 is 1.25 bits per heavy atom. The molecule has 7 N–H and O–H groups in total. The van der Waals surface area contributed by atoms with Crippen molar-refractivity contribution in [3.8, 4) is 0 Å². The fraction of sp³-hybridized carbons (Fsp3) is 0.500. The smallest absolute Gasteiger partial charge is 0.300 e. The molecule has 6 heteroatoms. The van der Waals surface area contributed by atoms with Crippen molar-refractivity contribution in [3.05, 3.63) is 0 Å². The Hall–Kier alpha value is -0.0266. The number of rotatable bonds is 0. The van der Waals surface area contributed by atoms with Crippen molar-refractivity contribution >= 4 is 5.97 Å². The van der Waals surface area contributed by atoms with Crippen molar-refractivity contribution in [2.45, 2.75) is 6.92 Å². The van der Waals surface area contributed by atoms with Gasteiger partial charge in [-0.25, -0.2) is 0 Å². The van der Waals surface area contributed by atoms with Crippen molar-refractivity contribution in [1.29, 1.82) is 0 Å². The van der Waals surface area contributed by atoms with Crippen molar-refractivity contribution < 1.29 is 45.8 Å². The summed E-state index contributed by atoms with van der Waals surface area (Å²) in [4.78, 5) is 9.00. The Labute approximate surface area is 59.4 Å². The van der Waals surface area contributed by atoms with Crippen LogP contribution in [0.5, 0.6) is 0 Å². The van der Waals surface area contributed by atoms with E-state index in [9.17, 15) is 0 Å². The van der Waals surface area contributed by atoms with Gasteiger partial charge in [0, 0.05) is 26.4 Å². The van der Waals surface area contributed by atoms with E-state index in [1.165, 1.54) is 0 Å². The standard InChI is InChI=1S/C2H4O2.3H2O.Zn/c1-2(3)4;;;;/h1H3,(H,3,4);3*1H2;. The van der Waals surface area contributed by atoms with Gasteiger partial charge in [0.25, 0.3) is 5.97 Å². The van der Waals surface area contributed by atoms with Gasteiger partial charge in [-0.1, -0.05) is 0 Å². The molecule has 0 aromatic carbocycles. The van der Waals surface area contributed by atoms with Crippen molar-refractivity contribution in [2.75, 3.05) is 0 Å². The van der Waals surface area contributed by atoms with Crippen LogP contribution in [-0.4, -0.2) is 27.5 Å². The van der Waals surface area contributed by atoms with Gasteiger partial charge in [0.1, 0.15) is 0 Å². The van der Waals surface area contributed by atoms with E-state index in [0.717, 1.165) is 6.92 Å². The summed E-state index contributed by atoms with van der Waals surface area (Å²) < 4.78 is 0. The number of carbonyl (C=O) groups is 1. The number of hydrogen-bond donors (Lipinski definition) is 1. The summed E-state index contributed by atoms with van der Waals surface area (Å²) in [6, 6.07) is 0. The van der Waals surface area contributed by atoms with E-state index < -0.39 is 5.97 Å². The van der Waals surface area contributed by atoms with Gasteiger partial charge < -0.3 is 21.5 Å². The Morgan fingerprint density at radius 3 is 1.25 bits per heavy atom. The normalized spacial score (nSPS) is 3.12. The molecule has 0 heterocycles. The summed E-state index contributed by atoms with van der Waals surface area (Å²) >= 11 is 0. The first-order valence-electron chi connectivity index (χ1n) is 0.928. The van der Waals surface area contributed by atoms with Crippen molar-refractivity contribution in [3.63, 3.8) is 0 Å². The number of carboxylic acid groups (broad SMARTS) is 1. The summed E-state index contributed by atoms with van der Waals surface area (Å²) in [5.41, 5.74) is 0. The summed E-state index contributed by atoms with van der Waals surface area (Å²) in [5.74, 6) is -0.833. The molecule has 0 aliphatic rings. The molecule has 0 radical (unpaired) electrons. The molecule has 0 rings (SSSR count). The van der Waals surface area contributed by atoms with Gasteiger partial charge >= 0.3 is 0 Å². The van der Waals surface area contributed by atoms with E-state index in [0.29, 0.717) is 0 Å². The summed E-state index contributed by atoms with van der Waals surface area (Å²) in [7, 11) is 0. The van der Waals surface area contributed by atoms with Crippen LogP contribution in [0.25, 0.3) is 0 Å². The minimum atomic E-state index is -0.833. The van der Waals surface area contributed by atoms with Crippen molar-refractivity contribution in [1.82, 2.24) is 0 Å². The largest absolute Gasteiger partial charge is 0.481 e. The minimum absolute atomic E-state index is 0. The maximum atomic E-state index is 9.00. The molecule has 0 amide bonds. The van der Waals surface area contributed by atoms with Gasteiger partial charge in [-0.2, -0.15) is 0 Å². The average Bonchev–Trinajstić information content (AvgIpc) is 0.811. The topological polar surface area (TPSA) is 132 Å². The number of aliphatic carboxylic acids is 1. The van der Waals surface area contributed by atoms with Crippen LogP contribution in [0.4, 0.5) is 0 Å². The molecule has 5 nitrogen and oxygen atoms in total. The van der Waals surface area contributed by atoms with Gasteiger partial charge in [-0.3, -0.25) is 4.79 Å². The zero-order chi connectivity index (χ0) is 3.58. The van der Waals surface area contributed by atoms with Gasteiger partial charge in [0.05, 0.1) is 0 Å². The van der Waals surface area contributed by atoms with Crippen LogP contribution >= 0.6 is 0 Å². The summed E-state index contributed by atoms with van der Waals surface area (Å²) in [6.45, 7) is 1.08. The molecule has 0 aromatic rings. The molecular formula is C2H10O5Zn. The van der Waals surface area contributed by atoms with Crippen LogP contribution in [0, 0.1) is 0 Å². The second-order valence-corrected chi connectivity index (χ2v) is 0.519. The molecule has 0 saturated heterocycles. The third-order valence-electron chi connectivity index (χ3n) is 0. The molecule has 50 valence electrons. The van der Waals surface area contributed by atoms with E-state index in [4.69, 9.17) is 9.90 Å². The Kier molecular flexibility index (Phi) is 154. The maximum Gasteiger partial charge on any atom is 0.300 e. The number of carboxylic acids is 1. The van der Waals surface area contributed by atoms with Crippen LogP contribution in [0.1, 0.15) is 6.92 Å². The zero-order valence-electron chi connectivity index (χ0n) is 4.56. The van der Waals surface area contributed by atoms with Crippen LogP contribution in [0.2, 0.25) is 0 Å². The molecule has 0 atom stereocenters. The molecule has 0 aliphatic carbocycles. The SMILES string of the molecule is CC(=O)O.O.O.O.[Zn]. The first-order chi connectivity index (χ1) is 1.73. The maximum absolute atomic E-state index is 9.00. The van der Waals surface area contributed by atoms with Crippen LogP contribution in [0.15, 0.2) is 0 Å². The second kappa shape index (κ2) is 28.1. The third kappa shape index (κ3) is 208000. The first-order valence-corrected chi connectivity index (χ1v) is 0.928. The molecule has 0 aliphatic heterocycles. The van der Waals surface area contributed by atoms with Crippen LogP contribution < -0.4 is 0 Å². The molecule has 0 spiro atoms. The molecule has 0 saturated carbocycles. The zero-order valence-corrected chi connectivity index (χ0v) is 7.53. The molecule has 0 aromatic heterocycles. The Bertz CT molecular complexity index is 33.4. The quantitative estimate of drug-likeness (QED) is 0.416. The van der Waals surface area contributed by atoms with Crippen LogP contribution in [-0.2, 0) is 24.3 Å².